The molecule has 2 unspecified atom stereocenters. The molecule has 0 bridgehead atoms. The van der Waals surface area contributed by atoms with Crippen LogP contribution in [-0.2, 0) is 80.9 Å². The number of aliphatic hydroxyl groups excluding tert-OH is 1. The van der Waals surface area contributed by atoms with E-state index in [4.69, 9.17) is 53.1 Å². The summed E-state index contributed by atoms with van der Waals surface area (Å²) in [5, 5.41) is 34.5. The van der Waals surface area contributed by atoms with E-state index in [1.165, 1.54) is 20.8 Å². The number of carbonyl (C=O) groups excluding carboxylic acids is 12. The van der Waals surface area contributed by atoms with Crippen LogP contribution in [0, 0.1) is 0 Å². The van der Waals surface area contributed by atoms with Gasteiger partial charge in [-0.05, 0) is 147 Å². The van der Waals surface area contributed by atoms with Gasteiger partial charge in [-0.15, -0.1) is 0 Å². The highest BCUT2D eigenvalue weighted by Crippen LogP contribution is 2.47. The van der Waals surface area contributed by atoms with Crippen molar-refractivity contribution < 1.29 is 110 Å². The lowest BCUT2D eigenvalue weighted by molar-refractivity contribution is -0.316. The number of nitrogens with one attached hydrogen (secondary N) is 9. The molecule has 0 aromatic heterocycles. The molecule has 686 valence electrons. The summed E-state index contributed by atoms with van der Waals surface area (Å²) in [6, 6.07) is 52.4. The first-order chi connectivity index (χ1) is 61.5. The molecule has 7 aromatic rings. The predicted octanol–water partition coefficient (Wildman–Crippen LogP) is 10.4. The Hall–Kier alpha value is -12.8. The van der Waals surface area contributed by atoms with Crippen molar-refractivity contribution in [2.24, 2.45) is 5.73 Å². The molecule has 0 spiro atoms. The molecule has 2 saturated heterocycles. The monoisotopic (exact) mass is 1770 g/mol. The third-order valence-corrected chi connectivity index (χ3v) is 21.1. The molecule has 5 aliphatic rings. The van der Waals surface area contributed by atoms with E-state index in [9.17, 15) is 62.6 Å². The van der Waals surface area contributed by atoms with Crippen LogP contribution < -0.4 is 53.6 Å². The highest BCUT2D eigenvalue weighted by Gasteiger charge is 2.51. The number of ether oxygens (including phenoxy) is 10. The van der Waals surface area contributed by atoms with Crippen LogP contribution in [0.2, 0.25) is 0 Å². The Morgan fingerprint density at radius 2 is 0.789 bits per heavy atom. The lowest BCUT2D eigenvalue weighted by Crippen LogP contribution is -2.70. The first-order valence-corrected chi connectivity index (χ1v) is 43.1. The number of hydrogen-bond acceptors (Lipinski definition) is 24. The summed E-state index contributed by atoms with van der Waals surface area (Å²) in [7, 11) is 0. The molecule has 2 fully saturated rings. The van der Waals surface area contributed by atoms with Crippen LogP contribution in [-0.4, -0.2) is 210 Å². The van der Waals surface area contributed by atoms with Gasteiger partial charge in [0.25, 0.3) is 0 Å². The van der Waals surface area contributed by atoms with Crippen molar-refractivity contribution in [1.82, 2.24) is 47.9 Å². The molecule has 33 heteroatoms. The number of urea groups is 1. The lowest BCUT2D eigenvalue weighted by Gasteiger charge is -2.48. The quantitative estimate of drug-likeness (QED) is 0.0134. The lowest BCUT2D eigenvalue weighted by atomic mass is 9.94. The van der Waals surface area contributed by atoms with Crippen LogP contribution in [0.4, 0.5) is 24.0 Å². The van der Waals surface area contributed by atoms with Gasteiger partial charge in [-0.1, -0.05) is 183 Å². The number of ketones is 1. The van der Waals surface area contributed by atoms with Gasteiger partial charge in [0, 0.05) is 70.1 Å². The zero-order valence-electron chi connectivity index (χ0n) is 73.8. The van der Waals surface area contributed by atoms with Gasteiger partial charge in [0.15, 0.2) is 18.3 Å². The zero-order valence-corrected chi connectivity index (χ0v) is 73.8. The van der Waals surface area contributed by atoms with Gasteiger partial charge in [0.1, 0.15) is 67.9 Å². The number of rotatable bonds is 33. The maximum absolute atomic E-state index is 12.9. The summed E-state index contributed by atoms with van der Waals surface area (Å²) in [6.45, 7) is 18.2. The van der Waals surface area contributed by atoms with Crippen LogP contribution >= 0.6 is 0 Å². The van der Waals surface area contributed by atoms with E-state index < -0.39 is 121 Å². The van der Waals surface area contributed by atoms with E-state index in [0.29, 0.717) is 12.8 Å². The highest BCUT2D eigenvalue weighted by atomic mass is 16.7. The van der Waals surface area contributed by atoms with E-state index in [1.807, 2.05) is 134 Å². The fraction of sp³-hybridized carbons (Fsp3) is 0.432. The average molecular weight is 1770 g/mol. The summed E-state index contributed by atoms with van der Waals surface area (Å²) in [5.41, 5.74) is 19.2. The van der Waals surface area contributed by atoms with Crippen LogP contribution in [0.15, 0.2) is 176 Å². The van der Waals surface area contributed by atoms with Crippen molar-refractivity contribution in [2.45, 2.75) is 192 Å². The molecule has 128 heavy (non-hydrogen) atoms. The van der Waals surface area contributed by atoms with Crippen molar-refractivity contribution in [3.05, 3.63) is 215 Å². The van der Waals surface area contributed by atoms with Crippen LogP contribution in [0.1, 0.15) is 171 Å². The van der Waals surface area contributed by atoms with Gasteiger partial charge in [-0.3, -0.25) is 19.2 Å². The summed E-state index contributed by atoms with van der Waals surface area (Å²) in [4.78, 5) is 145. The summed E-state index contributed by atoms with van der Waals surface area (Å²) in [5.74, 6) is -2.90. The molecule has 12 rings (SSSR count). The van der Waals surface area contributed by atoms with E-state index >= 15 is 0 Å². The number of amides is 9. The van der Waals surface area contributed by atoms with Crippen molar-refractivity contribution in [3.8, 4) is 33.4 Å². The first-order valence-electron chi connectivity index (χ1n) is 43.1. The van der Waals surface area contributed by atoms with Gasteiger partial charge in [0.2, 0.25) is 17.7 Å². The minimum absolute atomic E-state index is 0.0290. The molecule has 12 N–H and O–H groups in total. The maximum Gasteiger partial charge on any atom is 0.407 e. The normalized spacial score (nSPS) is 17.4. The van der Waals surface area contributed by atoms with E-state index in [2.05, 4.69) is 96.4 Å². The molecule has 3 aliphatic carbocycles. The molecule has 9 amide bonds. The number of carbonyl (C=O) groups is 12. The topological polar surface area (TPSA) is 452 Å². The van der Waals surface area contributed by atoms with Gasteiger partial charge >= 0.3 is 48.3 Å². The Morgan fingerprint density at radius 1 is 0.430 bits per heavy atom. The van der Waals surface area contributed by atoms with Gasteiger partial charge in [-0.25, -0.2) is 38.4 Å². The minimum atomic E-state index is -1.22. The molecular weight excluding hydrogens is 1650 g/mol. The smallest absolute Gasteiger partial charge is 0.407 e. The van der Waals surface area contributed by atoms with Gasteiger partial charge in [-0.2, -0.15) is 0 Å². The Kier molecular flexibility index (Phi) is 38.1. The number of aliphatic hydroxyl groups is 1. The second-order valence-corrected chi connectivity index (χ2v) is 31.5. The Morgan fingerprint density at radius 3 is 1.14 bits per heavy atom. The Bertz CT molecular complexity index is 4800. The minimum Gasteiger partial charge on any atom is -0.464 e. The Balaban J connectivity index is 0.000000194. The van der Waals surface area contributed by atoms with Crippen molar-refractivity contribution in [3.63, 3.8) is 0 Å². The molecule has 10 atom stereocenters. The zero-order chi connectivity index (χ0) is 92.4. The molecule has 0 saturated carbocycles. The molecule has 2 heterocycles. The van der Waals surface area contributed by atoms with Crippen molar-refractivity contribution in [2.75, 3.05) is 72.4 Å². The van der Waals surface area contributed by atoms with E-state index in [-0.39, 0.29) is 133 Å². The van der Waals surface area contributed by atoms with E-state index in [0.717, 1.165) is 72.3 Å². The van der Waals surface area contributed by atoms with Gasteiger partial charge < -0.3 is 106 Å². The maximum atomic E-state index is 12.9. The predicted molar refractivity (Wildman–Crippen MR) is 473 cm³/mol. The summed E-state index contributed by atoms with van der Waals surface area (Å²) >= 11 is 0. The molecule has 2 aliphatic heterocycles. The number of benzene rings is 7. The Labute approximate surface area is 744 Å². The SMILES string of the molecule is CCCC(=O)[C@H](CCNC(C)=O)NC(=O)NC1O[C@@H]2COC(c3ccccc3)O[C@H]2[C@H](O)[C@H]1NC(C)=O.CCOC(=O)[C@H](CCN)NC(=O)OCC1c2ccccc2-c2ccccc21.CCOC(=O)[C@H](CCNC(=O)OC(C)(C)C)NC(=O)OCC1c2ccccc2-c2ccccc21.CCOC(=O)[C@H](CCNC(C)=O)NC(=O)OCC1c2ccccc2-c2ccccc21. The second-order valence-electron chi connectivity index (χ2n) is 31.5. The summed E-state index contributed by atoms with van der Waals surface area (Å²) in [6.07, 6.45) is -5.58. The number of hydrogen-bond donors (Lipinski definition) is 11. The molecular formula is C95H118N10O23. The number of fused-ring (bicyclic) bond motifs is 10. The number of esters is 3. The van der Waals surface area contributed by atoms with Crippen LogP contribution in [0.25, 0.3) is 33.4 Å². The molecule has 0 radical (unpaired) electrons. The number of Topliss-reactive ketones (excluding diaryl/α,β-unsaturated/α-hetero) is 1. The number of alkyl carbamates (subject to hydrolysis) is 4. The third-order valence-electron chi connectivity index (χ3n) is 21.1. The second kappa shape index (κ2) is 49.3. The van der Waals surface area contributed by atoms with Crippen molar-refractivity contribution in [1.29, 1.82) is 0 Å². The fourth-order valence-corrected chi connectivity index (χ4v) is 15.4. The van der Waals surface area contributed by atoms with Gasteiger partial charge in [0.05, 0.1) is 32.5 Å². The van der Waals surface area contributed by atoms with Crippen LogP contribution in [0.5, 0.6) is 0 Å². The standard InChI is InChI=1S/C26H32N2O6.C25H36N4O8.C23H26N2O5.C21H24N2O4/c1-5-32-23(29)22(14-15-27-24(30)34-26(2,3)4)28-25(31)33-16-21-19-12-8-6-10-17(19)18-11-7-9-13-20(18)21;1-4-8-18(32)17(11-12-26-14(2)30)28-25(34)29-23-20(27-15(3)31)21(33)22-19(36-23)13-35-24(37-22)16-9-6-5-7-10-16;1-3-29-22(27)21(12-13-24-15(2)26)25-23(28)30-14-20-18-10-6-4-8-16(18)17-9-5-7-11-19(17)20;1-2-26-20(24)19(11-12-22)23-21(25)27-13-18-16-9-5-3-7-14(16)15-8-4-6-10-17(15)18/h6-13,21-22H,5,14-16H2,1-4H3,(H,27,30)(H,28,31);5-7,9-10,17,19-24,33H,4,8,11-13H2,1-3H3,(H,26,30)(H,27,31)(H2,28,29,34);4-11,20-21H,3,12-14H2,1-2H3,(H,24,26)(H,25,28);3-10,18-19H,2,11-13,22H2,1H3,(H,23,25)/t22-;17-,19+,20+,21+,22+,23?,24?;21-;19-/m0000/s1. The molecule has 33 nitrogen and oxygen atoms in total. The van der Waals surface area contributed by atoms with Crippen molar-refractivity contribution >= 4 is 71.8 Å². The fourth-order valence-electron chi connectivity index (χ4n) is 15.4. The largest absolute Gasteiger partial charge is 0.464 e. The first kappa shape index (κ1) is 99.0. The molecule has 7 aromatic carbocycles. The number of nitrogens with two attached hydrogens (primary N) is 1. The average Bonchev–Trinajstić information content (AvgIpc) is 1.56. The summed E-state index contributed by atoms with van der Waals surface area (Å²) < 4.78 is 54.4. The van der Waals surface area contributed by atoms with Crippen LogP contribution in [0.3, 0.4) is 0 Å². The van der Waals surface area contributed by atoms with E-state index in [1.54, 1.807) is 41.5 Å². The highest BCUT2D eigenvalue weighted by molar-refractivity contribution is 5.89. The third kappa shape index (κ3) is 28.6.